The van der Waals surface area contributed by atoms with Gasteiger partial charge in [-0.3, -0.25) is 14.7 Å². The first-order valence-corrected chi connectivity index (χ1v) is 7.21. The van der Waals surface area contributed by atoms with Crippen molar-refractivity contribution in [2.45, 2.75) is 6.04 Å². The summed E-state index contributed by atoms with van der Waals surface area (Å²) in [5.74, 6) is 0.0182. The van der Waals surface area contributed by atoms with Gasteiger partial charge in [0.15, 0.2) is 0 Å². The molecule has 2 heterocycles. The van der Waals surface area contributed by atoms with Crippen LogP contribution in [-0.4, -0.2) is 47.4 Å². The fourth-order valence-electron chi connectivity index (χ4n) is 2.74. The molecule has 0 bridgehead atoms. The monoisotopic (exact) mass is 281 g/mol. The number of hydrogen-bond acceptors (Lipinski definition) is 3. The zero-order chi connectivity index (χ0) is 14.7. The van der Waals surface area contributed by atoms with E-state index in [1.165, 1.54) is 5.56 Å². The van der Waals surface area contributed by atoms with E-state index < -0.39 is 0 Å². The number of carbonyl (C=O) groups is 1. The number of rotatable bonds is 2. The van der Waals surface area contributed by atoms with Crippen molar-refractivity contribution in [1.82, 2.24) is 14.8 Å². The number of aromatic nitrogens is 1. The Morgan fingerprint density at radius 2 is 1.86 bits per heavy atom. The molecule has 0 radical (unpaired) electrons. The highest BCUT2D eigenvalue weighted by Crippen LogP contribution is 2.24. The van der Waals surface area contributed by atoms with Crippen molar-refractivity contribution in [1.29, 1.82) is 0 Å². The van der Waals surface area contributed by atoms with Crippen LogP contribution in [0.15, 0.2) is 54.7 Å². The lowest BCUT2D eigenvalue weighted by Crippen LogP contribution is -2.49. The smallest absolute Gasteiger partial charge is 0.272 e. The van der Waals surface area contributed by atoms with Crippen LogP contribution in [0.5, 0.6) is 0 Å². The zero-order valence-electron chi connectivity index (χ0n) is 12.1. The lowest BCUT2D eigenvalue weighted by molar-refractivity contribution is 0.0541. The van der Waals surface area contributed by atoms with Gasteiger partial charge in [-0.2, -0.15) is 0 Å². The van der Waals surface area contributed by atoms with Gasteiger partial charge in [0.05, 0.1) is 6.04 Å². The van der Waals surface area contributed by atoms with Crippen molar-refractivity contribution in [2.24, 2.45) is 0 Å². The summed E-state index contributed by atoms with van der Waals surface area (Å²) in [5.41, 5.74) is 1.77. The second-order valence-corrected chi connectivity index (χ2v) is 5.37. The minimum Gasteiger partial charge on any atom is -0.334 e. The molecule has 21 heavy (non-hydrogen) atoms. The number of nitrogens with zero attached hydrogens (tertiary/aromatic N) is 3. The summed E-state index contributed by atoms with van der Waals surface area (Å²) in [7, 11) is 2.11. The van der Waals surface area contributed by atoms with Gasteiger partial charge in [-0.25, -0.2) is 0 Å². The van der Waals surface area contributed by atoms with Crippen LogP contribution in [0.3, 0.4) is 0 Å². The van der Waals surface area contributed by atoms with Crippen LogP contribution in [0, 0.1) is 0 Å². The molecule has 2 aromatic rings. The number of hydrogen-bond donors (Lipinski definition) is 0. The molecular formula is C17H19N3O. The first-order valence-electron chi connectivity index (χ1n) is 7.21. The maximum absolute atomic E-state index is 12.5. The Balaban J connectivity index is 1.78. The molecule has 1 unspecified atom stereocenters. The van der Waals surface area contributed by atoms with E-state index >= 15 is 0 Å². The molecule has 4 nitrogen and oxygen atoms in total. The molecular weight excluding hydrogens is 262 g/mol. The maximum atomic E-state index is 12.5. The molecule has 3 rings (SSSR count). The molecule has 1 amide bonds. The standard InChI is InChI=1S/C17H19N3O/c1-19-11-12-20(17(21)15-9-5-6-10-18-15)13-16(19)14-7-3-2-4-8-14/h2-10,16H,11-13H2,1H3. The Bertz CT molecular complexity index is 600. The van der Waals surface area contributed by atoms with Gasteiger partial charge in [-0.1, -0.05) is 36.4 Å². The van der Waals surface area contributed by atoms with Crippen LogP contribution in [-0.2, 0) is 0 Å². The van der Waals surface area contributed by atoms with Crippen LogP contribution in [0.2, 0.25) is 0 Å². The van der Waals surface area contributed by atoms with Crippen molar-refractivity contribution in [3.8, 4) is 0 Å². The topological polar surface area (TPSA) is 36.4 Å². The summed E-state index contributed by atoms with van der Waals surface area (Å²) >= 11 is 0. The number of piperazine rings is 1. The minimum absolute atomic E-state index is 0.0182. The Morgan fingerprint density at radius 3 is 2.57 bits per heavy atom. The van der Waals surface area contributed by atoms with Crippen molar-refractivity contribution in [3.05, 3.63) is 66.0 Å². The second-order valence-electron chi connectivity index (χ2n) is 5.37. The van der Waals surface area contributed by atoms with Gasteiger partial charge < -0.3 is 4.90 Å². The Morgan fingerprint density at radius 1 is 1.10 bits per heavy atom. The Labute approximate surface area is 125 Å². The van der Waals surface area contributed by atoms with Crippen LogP contribution in [0.1, 0.15) is 22.1 Å². The number of pyridine rings is 1. The number of amides is 1. The first-order chi connectivity index (χ1) is 10.3. The van der Waals surface area contributed by atoms with E-state index in [9.17, 15) is 4.79 Å². The quantitative estimate of drug-likeness (QED) is 0.847. The lowest BCUT2D eigenvalue weighted by Gasteiger charge is -2.39. The van der Waals surface area contributed by atoms with E-state index in [2.05, 4.69) is 29.1 Å². The summed E-state index contributed by atoms with van der Waals surface area (Å²) in [5, 5.41) is 0. The zero-order valence-corrected chi connectivity index (χ0v) is 12.1. The van der Waals surface area contributed by atoms with Gasteiger partial charge in [0.25, 0.3) is 5.91 Å². The van der Waals surface area contributed by atoms with E-state index in [0.29, 0.717) is 12.2 Å². The van der Waals surface area contributed by atoms with E-state index in [-0.39, 0.29) is 11.9 Å². The molecule has 1 aliphatic rings. The summed E-state index contributed by atoms with van der Waals surface area (Å²) < 4.78 is 0. The highest BCUT2D eigenvalue weighted by molar-refractivity contribution is 5.92. The summed E-state index contributed by atoms with van der Waals surface area (Å²) in [4.78, 5) is 20.9. The normalized spacial score (nSPS) is 19.5. The molecule has 4 heteroatoms. The molecule has 0 saturated carbocycles. The van der Waals surface area contributed by atoms with Gasteiger partial charge in [0, 0.05) is 25.8 Å². The minimum atomic E-state index is 0.0182. The molecule has 1 atom stereocenters. The van der Waals surface area contributed by atoms with Crippen LogP contribution in [0.4, 0.5) is 0 Å². The summed E-state index contributed by atoms with van der Waals surface area (Å²) in [6.45, 7) is 2.32. The molecule has 0 N–H and O–H groups in total. The van der Waals surface area contributed by atoms with Crippen molar-refractivity contribution >= 4 is 5.91 Å². The molecule has 1 aromatic carbocycles. The fourth-order valence-corrected chi connectivity index (χ4v) is 2.74. The Hall–Kier alpha value is -2.20. The molecule has 0 spiro atoms. The molecule has 1 aliphatic heterocycles. The van der Waals surface area contributed by atoms with Crippen LogP contribution >= 0.6 is 0 Å². The van der Waals surface area contributed by atoms with Crippen molar-refractivity contribution in [3.63, 3.8) is 0 Å². The molecule has 1 saturated heterocycles. The SMILES string of the molecule is CN1CCN(C(=O)c2ccccn2)CC1c1ccccc1. The fraction of sp³-hybridized carbons (Fsp3) is 0.294. The average molecular weight is 281 g/mol. The third-order valence-corrected chi connectivity index (χ3v) is 4.00. The average Bonchev–Trinajstić information content (AvgIpc) is 2.56. The molecule has 108 valence electrons. The van der Waals surface area contributed by atoms with Gasteiger partial charge in [0.2, 0.25) is 0 Å². The van der Waals surface area contributed by atoms with E-state index in [0.717, 1.165) is 13.1 Å². The largest absolute Gasteiger partial charge is 0.334 e. The van der Waals surface area contributed by atoms with Gasteiger partial charge in [0.1, 0.15) is 5.69 Å². The summed E-state index contributed by atoms with van der Waals surface area (Å²) in [6.07, 6.45) is 1.66. The highest BCUT2D eigenvalue weighted by Gasteiger charge is 2.29. The van der Waals surface area contributed by atoms with Gasteiger partial charge in [-0.15, -0.1) is 0 Å². The lowest BCUT2D eigenvalue weighted by atomic mass is 10.0. The second kappa shape index (κ2) is 6.06. The molecule has 1 aromatic heterocycles. The van der Waals surface area contributed by atoms with Crippen LogP contribution in [0.25, 0.3) is 0 Å². The van der Waals surface area contributed by atoms with Gasteiger partial charge in [-0.05, 0) is 24.7 Å². The van der Waals surface area contributed by atoms with Crippen molar-refractivity contribution < 1.29 is 4.79 Å². The highest BCUT2D eigenvalue weighted by atomic mass is 16.2. The summed E-state index contributed by atoms with van der Waals surface area (Å²) in [6, 6.07) is 16.0. The molecule has 1 fully saturated rings. The molecule has 0 aliphatic carbocycles. The third kappa shape index (κ3) is 2.95. The van der Waals surface area contributed by atoms with Crippen molar-refractivity contribution in [2.75, 3.05) is 26.7 Å². The number of benzene rings is 1. The predicted molar refractivity (Wildman–Crippen MR) is 82.0 cm³/mol. The first kappa shape index (κ1) is 13.8. The van der Waals surface area contributed by atoms with E-state index in [1.54, 1.807) is 12.3 Å². The van der Waals surface area contributed by atoms with Gasteiger partial charge >= 0.3 is 0 Å². The third-order valence-electron chi connectivity index (χ3n) is 4.00. The number of carbonyl (C=O) groups excluding carboxylic acids is 1. The van der Waals surface area contributed by atoms with Crippen LogP contribution < -0.4 is 0 Å². The Kier molecular flexibility index (Phi) is 3.97. The van der Waals surface area contributed by atoms with E-state index in [4.69, 9.17) is 0 Å². The number of likely N-dealkylation sites (N-methyl/N-ethyl adjacent to an activating group) is 1. The maximum Gasteiger partial charge on any atom is 0.272 e. The predicted octanol–water partition coefficient (Wildman–Crippen LogP) is 2.21. The van der Waals surface area contributed by atoms with E-state index in [1.807, 2.05) is 35.2 Å².